The van der Waals surface area contributed by atoms with Gasteiger partial charge in [-0.25, -0.2) is 0 Å². The highest BCUT2D eigenvalue weighted by atomic mass is 32.1. The normalized spacial score (nSPS) is 17.5. The fourth-order valence-corrected chi connectivity index (χ4v) is 3.27. The Bertz CT molecular complexity index is 458. The van der Waals surface area contributed by atoms with Crippen LogP contribution in [-0.2, 0) is 5.54 Å². The van der Waals surface area contributed by atoms with E-state index >= 15 is 0 Å². The van der Waals surface area contributed by atoms with Crippen molar-refractivity contribution >= 4 is 12.2 Å². The van der Waals surface area contributed by atoms with E-state index in [9.17, 15) is 0 Å². The van der Waals surface area contributed by atoms with Crippen LogP contribution in [0.15, 0.2) is 0 Å². The van der Waals surface area contributed by atoms with Gasteiger partial charge in [0.1, 0.15) is 5.82 Å². The second-order valence-electron chi connectivity index (χ2n) is 7.05. The largest absolute Gasteiger partial charge is 0.298 e. The predicted molar refractivity (Wildman–Crippen MR) is 72.8 cm³/mol. The third kappa shape index (κ3) is 2.79. The van der Waals surface area contributed by atoms with Crippen molar-refractivity contribution in [2.75, 3.05) is 0 Å². The van der Waals surface area contributed by atoms with E-state index < -0.39 is 0 Å². The van der Waals surface area contributed by atoms with Crippen LogP contribution in [0.2, 0.25) is 0 Å². The Morgan fingerprint density at radius 3 is 2.35 bits per heavy atom. The lowest BCUT2D eigenvalue weighted by Gasteiger charge is -2.34. The Morgan fingerprint density at radius 2 is 1.88 bits per heavy atom. The SMILES string of the molecule is CC(C)(C)CC(C)(C)n1c(C2CC2)n[nH]c1=S. The molecule has 1 aromatic heterocycles. The van der Waals surface area contributed by atoms with Gasteiger partial charge in [0.2, 0.25) is 0 Å². The molecule has 2 rings (SSSR count). The maximum atomic E-state index is 5.40. The lowest BCUT2D eigenvalue weighted by molar-refractivity contribution is 0.208. The molecule has 1 aliphatic rings. The van der Waals surface area contributed by atoms with Crippen LogP contribution in [0.25, 0.3) is 0 Å². The molecule has 0 unspecified atom stereocenters. The zero-order valence-corrected chi connectivity index (χ0v) is 12.3. The van der Waals surface area contributed by atoms with Crippen molar-refractivity contribution in [3.8, 4) is 0 Å². The lowest BCUT2D eigenvalue weighted by Crippen LogP contribution is -2.33. The molecule has 4 heteroatoms. The lowest BCUT2D eigenvalue weighted by atomic mass is 9.81. The summed E-state index contributed by atoms with van der Waals surface area (Å²) in [6.07, 6.45) is 3.60. The van der Waals surface area contributed by atoms with E-state index in [0.717, 1.165) is 17.0 Å². The van der Waals surface area contributed by atoms with Crippen LogP contribution in [0.1, 0.15) is 65.6 Å². The molecule has 0 aliphatic heterocycles. The highest BCUT2D eigenvalue weighted by molar-refractivity contribution is 7.71. The molecule has 1 fully saturated rings. The first-order valence-electron chi connectivity index (χ1n) is 6.38. The van der Waals surface area contributed by atoms with Crippen LogP contribution < -0.4 is 0 Å². The van der Waals surface area contributed by atoms with Crippen molar-refractivity contribution in [2.24, 2.45) is 5.41 Å². The van der Waals surface area contributed by atoms with Gasteiger partial charge in [-0.15, -0.1) is 0 Å². The zero-order chi connectivity index (χ0) is 12.8. The number of aromatic nitrogens is 3. The Hall–Kier alpha value is -0.640. The molecular weight excluding hydrogens is 230 g/mol. The van der Waals surface area contributed by atoms with Gasteiger partial charge in [-0.2, -0.15) is 5.10 Å². The maximum Gasteiger partial charge on any atom is 0.195 e. The fraction of sp³-hybridized carbons (Fsp3) is 0.846. The molecule has 1 N–H and O–H groups in total. The number of nitrogens with zero attached hydrogens (tertiary/aromatic N) is 2. The van der Waals surface area contributed by atoms with Gasteiger partial charge in [-0.3, -0.25) is 9.67 Å². The number of hydrogen-bond donors (Lipinski definition) is 1. The first kappa shape index (κ1) is 12.8. The van der Waals surface area contributed by atoms with Gasteiger partial charge >= 0.3 is 0 Å². The number of hydrogen-bond acceptors (Lipinski definition) is 2. The molecular formula is C13H23N3S. The molecule has 3 nitrogen and oxygen atoms in total. The molecule has 1 heterocycles. The average Bonchev–Trinajstić information content (AvgIpc) is 2.85. The minimum atomic E-state index is 0.0280. The molecule has 0 bridgehead atoms. The van der Waals surface area contributed by atoms with Crippen LogP contribution in [0, 0.1) is 10.2 Å². The first-order chi connectivity index (χ1) is 7.71. The summed E-state index contributed by atoms with van der Waals surface area (Å²) in [6.45, 7) is 11.3. The highest BCUT2D eigenvalue weighted by Gasteiger charge is 2.35. The van der Waals surface area contributed by atoms with E-state index in [4.69, 9.17) is 12.2 Å². The minimum Gasteiger partial charge on any atom is -0.298 e. The average molecular weight is 253 g/mol. The highest BCUT2D eigenvalue weighted by Crippen LogP contribution is 2.42. The van der Waals surface area contributed by atoms with Crippen molar-refractivity contribution in [3.63, 3.8) is 0 Å². The Kier molecular flexibility index (Phi) is 2.97. The van der Waals surface area contributed by atoms with E-state index in [2.05, 4.69) is 49.4 Å². The van der Waals surface area contributed by atoms with Crippen molar-refractivity contribution in [3.05, 3.63) is 10.6 Å². The summed E-state index contributed by atoms with van der Waals surface area (Å²) in [4.78, 5) is 0. The Morgan fingerprint density at radius 1 is 1.29 bits per heavy atom. The molecule has 1 aromatic rings. The molecule has 1 aliphatic carbocycles. The van der Waals surface area contributed by atoms with Crippen molar-refractivity contribution in [2.45, 2.75) is 65.3 Å². The van der Waals surface area contributed by atoms with E-state index in [-0.39, 0.29) is 11.0 Å². The van der Waals surface area contributed by atoms with Gasteiger partial charge in [0.15, 0.2) is 4.77 Å². The second kappa shape index (κ2) is 3.94. The maximum absolute atomic E-state index is 5.40. The summed E-state index contributed by atoms with van der Waals surface area (Å²) in [5.74, 6) is 1.78. The molecule has 96 valence electrons. The van der Waals surface area contributed by atoms with Crippen molar-refractivity contribution < 1.29 is 0 Å². The molecule has 1 saturated carbocycles. The summed E-state index contributed by atoms with van der Waals surface area (Å²) in [5.41, 5.74) is 0.316. The molecule has 0 aromatic carbocycles. The van der Waals surface area contributed by atoms with Crippen LogP contribution in [0.5, 0.6) is 0 Å². The smallest absolute Gasteiger partial charge is 0.195 e. The molecule has 0 atom stereocenters. The third-order valence-electron chi connectivity index (χ3n) is 3.21. The predicted octanol–water partition coefficient (Wildman–Crippen LogP) is 3.99. The van der Waals surface area contributed by atoms with Crippen LogP contribution >= 0.6 is 12.2 Å². The van der Waals surface area contributed by atoms with Gasteiger partial charge in [-0.05, 0) is 50.7 Å². The summed E-state index contributed by atoms with van der Waals surface area (Å²) in [7, 11) is 0. The monoisotopic (exact) mass is 253 g/mol. The van der Waals surface area contributed by atoms with Gasteiger partial charge in [0, 0.05) is 11.5 Å². The topological polar surface area (TPSA) is 33.6 Å². The third-order valence-corrected chi connectivity index (χ3v) is 3.48. The van der Waals surface area contributed by atoms with Crippen molar-refractivity contribution in [1.82, 2.24) is 14.8 Å². The van der Waals surface area contributed by atoms with Crippen LogP contribution in [0.4, 0.5) is 0 Å². The number of H-pyrrole nitrogens is 1. The Balaban J connectivity index is 2.37. The number of nitrogens with one attached hydrogen (secondary N) is 1. The van der Waals surface area contributed by atoms with E-state index in [1.165, 1.54) is 12.8 Å². The van der Waals surface area contributed by atoms with Gasteiger partial charge < -0.3 is 0 Å². The van der Waals surface area contributed by atoms with Gasteiger partial charge in [0.05, 0.1) is 0 Å². The van der Waals surface area contributed by atoms with E-state index in [0.29, 0.717) is 5.92 Å². The van der Waals surface area contributed by atoms with Crippen LogP contribution in [-0.4, -0.2) is 14.8 Å². The molecule has 17 heavy (non-hydrogen) atoms. The van der Waals surface area contributed by atoms with Crippen LogP contribution in [0.3, 0.4) is 0 Å². The second-order valence-corrected chi connectivity index (χ2v) is 7.43. The molecule has 0 saturated heterocycles. The summed E-state index contributed by atoms with van der Waals surface area (Å²) in [6, 6.07) is 0. The zero-order valence-electron chi connectivity index (χ0n) is 11.5. The molecule has 0 spiro atoms. The fourth-order valence-electron chi connectivity index (χ4n) is 2.89. The van der Waals surface area contributed by atoms with E-state index in [1.54, 1.807) is 0 Å². The summed E-state index contributed by atoms with van der Waals surface area (Å²) in [5, 5.41) is 7.39. The first-order valence-corrected chi connectivity index (χ1v) is 6.79. The van der Waals surface area contributed by atoms with Crippen molar-refractivity contribution in [1.29, 1.82) is 0 Å². The quantitative estimate of drug-likeness (QED) is 0.826. The number of aromatic amines is 1. The molecule has 0 radical (unpaired) electrons. The minimum absolute atomic E-state index is 0.0280. The van der Waals surface area contributed by atoms with Gasteiger partial charge in [0.25, 0.3) is 0 Å². The van der Waals surface area contributed by atoms with E-state index in [1.807, 2.05) is 0 Å². The number of rotatable bonds is 3. The molecule has 0 amide bonds. The Labute approximate surface area is 109 Å². The summed E-state index contributed by atoms with van der Waals surface area (Å²) >= 11 is 5.40. The standard InChI is InChI=1S/C13H23N3S/c1-12(2,3)8-13(4,5)16-10(9-6-7-9)14-15-11(16)17/h9H,6-8H2,1-5H3,(H,15,17). The summed E-state index contributed by atoms with van der Waals surface area (Å²) < 4.78 is 3.01. The van der Waals surface area contributed by atoms with Gasteiger partial charge in [-0.1, -0.05) is 20.8 Å².